The van der Waals surface area contributed by atoms with E-state index in [1.54, 1.807) is 50.3 Å². The summed E-state index contributed by atoms with van der Waals surface area (Å²) >= 11 is 0. The van der Waals surface area contributed by atoms with Crippen LogP contribution < -0.4 is 19.3 Å². The van der Waals surface area contributed by atoms with E-state index in [4.69, 9.17) is 14.2 Å². The number of anilines is 2. The van der Waals surface area contributed by atoms with Crippen molar-refractivity contribution in [3.05, 3.63) is 95.2 Å². The second kappa shape index (κ2) is 12.1. The van der Waals surface area contributed by atoms with Gasteiger partial charge >= 0.3 is 5.97 Å². The molecule has 7 heteroatoms. The summed E-state index contributed by atoms with van der Waals surface area (Å²) in [6.45, 7) is 8.60. The first-order valence-corrected chi connectivity index (χ1v) is 13.2. The minimum atomic E-state index is -0.885. The Bertz CT molecular complexity index is 1330. The second-order valence-corrected chi connectivity index (χ2v) is 9.40. The molecule has 0 N–H and O–H groups in total. The lowest BCUT2D eigenvalue weighted by Crippen LogP contribution is -2.55. The number of hydrogen-bond donors (Lipinski definition) is 0. The van der Waals surface area contributed by atoms with Gasteiger partial charge in [0, 0.05) is 23.8 Å². The first kappa shape index (κ1) is 27.8. The number of benzene rings is 3. The van der Waals surface area contributed by atoms with Gasteiger partial charge in [0.1, 0.15) is 23.2 Å². The fraction of sp³-hybridized carbons (Fsp3) is 0.312. The minimum absolute atomic E-state index is 0.211. The molecule has 0 aromatic heterocycles. The van der Waals surface area contributed by atoms with Gasteiger partial charge in [-0.15, -0.1) is 0 Å². The van der Waals surface area contributed by atoms with Crippen LogP contribution in [0.5, 0.6) is 11.5 Å². The highest BCUT2D eigenvalue weighted by atomic mass is 16.5. The minimum Gasteiger partial charge on any atom is -0.497 e. The number of hydrogen-bond acceptors (Lipinski definition) is 6. The van der Waals surface area contributed by atoms with Crippen LogP contribution in [-0.4, -0.2) is 45.3 Å². The molecule has 3 aromatic rings. The van der Waals surface area contributed by atoms with Crippen molar-refractivity contribution in [2.45, 2.75) is 39.7 Å². The molecule has 1 aliphatic heterocycles. The van der Waals surface area contributed by atoms with Crippen molar-refractivity contribution in [3.8, 4) is 11.5 Å². The van der Waals surface area contributed by atoms with Crippen LogP contribution in [0.2, 0.25) is 0 Å². The van der Waals surface area contributed by atoms with Crippen molar-refractivity contribution < 1.29 is 23.8 Å². The molecule has 204 valence electrons. The Kier molecular flexibility index (Phi) is 8.59. The molecule has 7 nitrogen and oxygen atoms in total. The number of carbonyl (C=O) groups excluding carboxylic acids is 2. The fourth-order valence-electron chi connectivity index (χ4n) is 5.30. The molecule has 2 unspecified atom stereocenters. The van der Waals surface area contributed by atoms with Crippen molar-refractivity contribution in [2.75, 3.05) is 37.2 Å². The van der Waals surface area contributed by atoms with E-state index in [1.807, 2.05) is 74.2 Å². The number of ether oxygens (including phenoxy) is 3. The van der Waals surface area contributed by atoms with E-state index in [1.165, 1.54) is 0 Å². The zero-order valence-electron chi connectivity index (χ0n) is 23.4. The Hall–Kier alpha value is -4.26. The molecular weight excluding hydrogens is 492 g/mol. The molecule has 0 saturated heterocycles. The molecule has 1 amide bonds. The van der Waals surface area contributed by atoms with Crippen molar-refractivity contribution in [1.29, 1.82) is 0 Å². The monoisotopic (exact) mass is 528 g/mol. The number of carbonyl (C=O) groups is 2. The normalized spacial score (nSPS) is 16.9. The van der Waals surface area contributed by atoms with Gasteiger partial charge in [-0.1, -0.05) is 18.2 Å². The molecule has 3 aromatic carbocycles. The lowest BCUT2D eigenvalue weighted by molar-refractivity contribution is -0.146. The molecule has 1 aliphatic rings. The maximum absolute atomic E-state index is 14.4. The van der Waals surface area contributed by atoms with E-state index < -0.39 is 17.9 Å². The van der Waals surface area contributed by atoms with Crippen LogP contribution in [0, 0.1) is 13.8 Å². The predicted molar refractivity (Wildman–Crippen MR) is 154 cm³/mol. The van der Waals surface area contributed by atoms with E-state index >= 15 is 0 Å². The van der Waals surface area contributed by atoms with Gasteiger partial charge in [0.05, 0.1) is 20.8 Å². The van der Waals surface area contributed by atoms with Gasteiger partial charge < -0.3 is 19.1 Å². The van der Waals surface area contributed by atoms with Crippen LogP contribution in [0.4, 0.5) is 11.4 Å². The molecule has 0 fully saturated rings. The van der Waals surface area contributed by atoms with E-state index in [9.17, 15) is 9.59 Å². The molecule has 1 heterocycles. The zero-order chi connectivity index (χ0) is 28.1. The summed E-state index contributed by atoms with van der Waals surface area (Å²) in [5.41, 5.74) is 5.02. The van der Waals surface area contributed by atoms with Crippen molar-refractivity contribution >= 4 is 23.3 Å². The van der Waals surface area contributed by atoms with Crippen LogP contribution in [0.1, 0.15) is 36.5 Å². The predicted octanol–water partition coefficient (Wildman–Crippen LogP) is 5.79. The topological polar surface area (TPSA) is 68.3 Å². The van der Waals surface area contributed by atoms with Crippen molar-refractivity contribution in [3.63, 3.8) is 0 Å². The van der Waals surface area contributed by atoms with Crippen LogP contribution >= 0.6 is 0 Å². The maximum Gasteiger partial charge on any atom is 0.330 e. The number of likely N-dealkylation sites (N-methyl/N-ethyl adjacent to an activating group) is 1. The summed E-state index contributed by atoms with van der Waals surface area (Å²) in [6.07, 6.45) is 1.94. The third-order valence-electron chi connectivity index (χ3n) is 7.14. The van der Waals surface area contributed by atoms with Crippen LogP contribution in [-0.2, 0) is 14.3 Å². The standard InChI is InChI=1S/C32H36N2O5/c1-7-33(23-12-16-25(37-5)17-13-23)28-20-27(29-21(3)10-9-11-22(29)4)30(32(36)39-8-2)34(31(28)35)24-14-18-26(38-6)19-15-24/h9-20,27,30H,7-8H2,1-6H3. The lowest BCUT2D eigenvalue weighted by atomic mass is 9.81. The first-order chi connectivity index (χ1) is 18.8. The van der Waals surface area contributed by atoms with Crippen molar-refractivity contribution in [1.82, 2.24) is 0 Å². The summed E-state index contributed by atoms with van der Waals surface area (Å²) in [5.74, 6) is 0.226. The summed E-state index contributed by atoms with van der Waals surface area (Å²) < 4.78 is 16.3. The summed E-state index contributed by atoms with van der Waals surface area (Å²) in [4.78, 5) is 31.6. The smallest absolute Gasteiger partial charge is 0.330 e. The van der Waals surface area contributed by atoms with E-state index in [0.29, 0.717) is 23.7 Å². The van der Waals surface area contributed by atoms with Gasteiger partial charge in [-0.25, -0.2) is 4.79 Å². The third-order valence-corrected chi connectivity index (χ3v) is 7.14. The number of amides is 1. The van der Waals surface area contributed by atoms with Gasteiger partial charge in [-0.3, -0.25) is 9.69 Å². The van der Waals surface area contributed by atoms with Gasteiger partial charge in [-0.2, -0.15) is 0 Å². The molecule has 0 spiro atoms. The van der Waals surface area contributed by atoms with E-state index in [2.05, 4.69) is 0 Å². The highest BCUT2D eigenvalue weighted by Gasteiger charge is 2.45. The quantitative estimate of drug-likeness (QED) is 0.327. The van der Waals surface area contributed by atoms with Crippen LogP contribution in [0.15, 0.2) is 78.5 Å². The summed E-state index contributed by atoms with van der Waals surface area (Å²) in [7, 11) is 3.21. The molecule has 4 rings (SSSR count). The molecule has 2 atom stereocenters. The highest BCUT2D eigenvalue weighted by Crippen LogP contribution is 2.40. The lowest BCUT2D eigenvalue weighted by Gasteiger charge is -2.42. The van der Waals surface area contributed by atoms with E-state index in [0.717, 1.165) is 28.1 Å². The number of nitrogens with zero attached hydrogens (tertiary/aromatic N) is 2. The second-order valence-electron chi connectivity index (χ2n) is 9.40. The average molecular weight is 529 g/mol. The number of aryl methyl sites for hydroxylation is 2. The molecular formula is C32H36N2O5. The Morgan fingerprint density at radius 3 is 1.95 bits per heavy atom. The Morgan fingerprint density at radius 2 is 1.44 bits per heavy atom. The molecule has 39 heavy (non-hydrogen) atoms. The van der Waals surface area contributed by atoms with Gasteiger partial charge in [-0.05, 0) is 99.0 Å². The van der Waals surface area contributed by atoms with E-state index in [-0.39, 0.29) is 12.5 Å². The Morgan fingerprint density at radius 1 is 0.872 bits per heavy atom. The largest absolute Gasteiger partial charge is 0.497 e. The van der Waals surface area contributed by atoms with Gasteiger partial charge in [0.25, 0.3) is 5.91 Å². The Balaban J connectivity index is 1.96. The Labute approximate surface area is 230 Å². The third kappa shape index (κ3) is 5.48. The fourth-order valence-corrected chi connectivity index (χ4v) is 5.30. The molecule has 0 saturated carbocycles. The number of methoxy groups -OCH3 is 2. The van der Waals surface area contributed by atoms with Crippen LogP contribution in [0.25, 0.3) is 0 Å². The SMILES string of the molecule is CCOC(=O)C1C(c2c(C)cccc2C)C=C(N(CC)c2ccc(OC)cc2)C(=O)N1c1ccc(OC)cc1. The summed E-state index contributed by atoms with van der Waals surface area (Å²) in [6, 6.07) is 20.0. The maximum atomic E-state index is 14.4. The molecule has 0 radical (unpaired) electrons. The number of rotatable bonds is 9. The van der Waals surface area contributed by atoms with Crippen LogP contribution in [0.3, 0.4) is 0 Å². The average Bonchev–Trinajstić information content (AvgIpc) is 2.95. The summed E-state index contributed by atoms with van der Waals surface area (Å²) in [5, 5.41) is 0. The molecule has 0 aliphatic carbocycles. The first-order valence-electron chi connectivity index (χ1n) is 13.2. The van der Waals surface area contributed by atoms with Crippen molar-refractivity contribution in [2.24, 2.45) is 0 Å². The number of esters is 1. The highest BCUT2D eigenvalue weighted by molar-refractivity contribution is 6.12. The van der Waals surface area contributed by atoms with Gasteiger partial charge in [0.2, 0.25) is 0 Å². The zero-order valence-corrected chi connectivity index (χ0v) is 23.4. The van der Waals surface area contributed by atoms with Gasteiger partial charge in [0.15, 0.2) is 0 Å². The molecule has 0 bridgehead atoms.